The first-order chi connectivity index (χ1) is 9.41. The summed E-state index contributed by atoms with van der Waals surface area (Å²) in [6, 6.07) is 0. The van der Waals surface area contributed by atoms with E-state index in [9.17, 15) is 0 Å². The molecule has 0 bridgehead atoms. The largest absolute Gasteiger partial charge is 0.165 e. The van der Waals surface area contributed by atoms with Gasteiger partial charge in [0.1, 0.15) is 0 Å². The van der Waals surface area contributed by atoms with Crippen molar-refractivity contribution in [3.8, 4) is 0 Å². The summed E-state index contributed by atoms with van der Waals surface area (Å²) in [5, 5.41) is 4.85. The minimum Gasteiger partial charge on any atom is -0.165 e. The molecule has 19 heavy (non-hydrogen) atoms. The van der Waals surface area contributed by atoms with Crippen molar-refractivity contribution in [1.29, 1.82) is 0 Å². The summed E-state index contributed by atoms with van der Waals surface area (Å²) in [5.74, 6) is 5.31. The van der Waals surface area contributed by atoms with E-state index in [0.29, 0.717) is 0 Å². The Bertz CT molecular complexity index is 142. The van der Waals surface area contributed by atoms with Crippen molar-refractivity contribution in [2.24, 2.45) is 0 Å². The van der Waals surface area contributed by atoms with Crippen molar-refractivity contribution in [3.63, 3.8) is 0 Å². The van der Waals surface area contributed by atoms with Crippen molar-refractivity contribution in [1.82, 2.24) is 0 Å². The van der Waals surface area contributed by atoms with Gasteiger partial charge in [-0.1, -0.05) is 10.8 Å². The summed E-state index contributed by atoms with van der Waals surface area (Å²) in [6.45, 7) is 0. The Morgan fingerprint density at radius 2 is 1.11 bits per heavy atom. The van der Waals surface area contributed by atoms with Crippen molar-refractivity contribution in [2.45, 2.75) is 12.8 Å². The Labute approximate surface area is 154 Å². The summed E-state index contributed by atoms with van der Waals surface area (Å²) in [7, 11) is 1.62. The highest BCUT2D eigenvalue weighted by atomic mass is 33.1. The minimum atomic E-state index is 1.10. The van der Waals surface area contributed by atoms with Crippen LogP contribution in [0.15, 0.2) is 0 Å². The standard InChI is InChI=1S/C11H24S8/c1-13-4-2-5-14-8-15-6-3-7-16-9-17-10-18-11-19-12/h12H,2-11H2,1H3. The first kappa shape index (κ1) is 21.8. The van der Waals surface area contributed by atoms with E-state index in [0.717, 1.165) is 5.08 Å². The molecule has 0 atom stereocenters. The number of rotatable bonds is 16. The number of thioether (sulfide) groups is 6. The maximum Gasteiger partial charge on any atom is 0.0501 e. The third-order valence-corrected chi connectivity index (χ3v) is 10.3. The number of hydrogen-bond acceptors (Lipinski definition) is 8. The molecule has 0 aromatic rings. The molecule has 0 aliphatic heterocycles. The van der Waals surface area contributed by atoms with E-state index >= 15 is 0 Å². The van der Waals surface area contributed by atoms with Crippen molar-refractivity contribution < 1.29 is 0 Å². The molecule has 0 aliphatic carbocycles. The monoisotopic (exact) mass is 412 g/mol. The summed E-state index contributed by atoms with van der Waals surface area (Å²) < 4.78 is 0. The van der Waals surface area contributed by atoms with Crippen LogP contribution in [0.3, 0.4) is 0 Å². The van der Waals surface area contributed by atoms with Crippen LogP contribution in [0.1, 0.15) is 12.8 Å². The molecule has 0 aromatic heterocycles. The van der Waals surface area contributed by atoms with Gasteiger partial charge in [-0.25, -0.2) is 0 Å². The molecule has 0 radical (unpaired) electrons. The Balaban J connectivity index is 2.88. The second-order valence-electron chi connectivity index (χ2n) is 3.43. The lowest BCUT2D eigenvalue weighted by Crippen LogP contribution is -1.87. The number of hydrogen-bond donors (Lipinski definition) is 1. The van der Waals surface area contributed by atoms with E-state index in [1.807, 2.05) is 35.3 Å². The lowest BCUT2D eigenvalue weighted by atomic mass is 10.6. The van der Waals surface area contributed by atoms with Crippen LogP contribution in [0.25, 0.3) is 0 Å². The fraction of sp³-hybridized carbons (Fsp3) is 1.00. The molecule has 0 nitrogen and oxygen atoms in total. The molecule has 0 N–H and O–H groups in total. The molecule has 0 spiro atoms. The molecule has 0 fully saturated rings. The van der Waals surface area contributed by atoms with Crippen molar-refractivity contribution in [3.05, 3.63) is 0 Å². The van der Waals surface area contributed by atoms with Crippen LogP contribution < -0.4 is 0 Å². The Morgan fingerprint density at radius 3 is 1.68 bits per heavy atom. The summed E-state index contributed by atoms with van der Waals surface area (Å²) in [4.78, 5) is 0. The first-order valence-electron chi connectivity index (χ1n) is 6.05. The van der Waals surface area contributed by atoms with Crippen LogP contribution >= 0.6 is 93.0 Å². The summed E-state index contributed by atoms with van der Waals surface area (Å²) in [6.07, 6.45) is 4.91. The fourth-order valence-electron chi connectivity index (χ4n) is 1.03. The molecule has 0 amide bonds. The molecule has 0 aliphatic rings. The SMILES string of the molecule is CSCCCSCSCCCSCSCSCSS. The summed E-state index contributed by atoms with van der Waals surface area (Å²) in [5.41, 5.74) is 0. The van der Waals surface area contributed by atoms with Gasteiger partial charge >= 0.3 is 0 Å². The van der Waals surface area contributed by atoms with Gasteiger partial charge < -0.3 is 0 Å². The predicted molar refractivity (Wildman–Crippen MR) is 116 cm³/mol. The van der Waals surface area contributed by atoms with Gasteiger partial charge in [0, 0.05) is 15.3 Å². The average molecular weight is 413 g/mol. The van der Waals surface area contributed by atoms with Crippen LogP contribution in [0.2, 0.25) is 0 Å². The Hall–Kier alpha value is 2.80. The van der Waals surface area contributed by atoms with E-state index in [1.165, 1.54) is 51.1 Å². The smallest absolute Gasteiger partial charge is 0.0501 e. The zero-order valence-corrected chi connectivity index (χ0v) is 18.0. The van der Waals surface area contributed by atoms with Crippen LogP contribution in [-0.2, 0) is 0 Å². The van der Waals surface area contributed by atoms with Gasteiger partial charge in [-0.15, -0.1) is 35.2 Å². The van der Waals surface area contributed by atoms with Crippen LogP contribution in [0.4, 0.5) is 0 Å². The molecule has 116 valence electrons. The fourth-order valence-corrected chi connectivity index (χ4v) is 8.44. The van der Waals surface area contributed by atoms with E-state index in [4.69, 9.17) is 0 Å². The van der Waals surface area contributed by atoms with Gasteiger partial charge in [0.2, 0.25) is 0 Å². The maximum atomic E-state index is 4.12. The van der Waals surface area contributed by atoms with E-state index in [-0.39, 0.29) is 0 Å². The Morgan fingerprint density at radius 1 is 0.632 bits per heavy atom. The van der Waals surface area contributed by atoms with E-state index in [2.05, 4.69) is 53.2 Å². The zero-order chi connectivity index (χ0) is 14.0. The topological polar surface area (TPSA) is 0 Å². The first-order valence-corrected chi connectivity index (χ1v) is 15.3. The van der Waals surface area contributed by atoms with Gasteiger partial charge in [-0.2, -0.15) is 47.0 Å². The predicted octanol–water partition coefficient (Wildman–Crippen LogP) is 6.20. The third kappa shape index (κ3) is 20.8. The average Bonchev–Trinajstić information content (AvgIpc) is 2.43. The highest BCUT2D eigenvalue weighted by Gasteiger charge is 1.94. The van der Waals surface area contributed by atoms with Crippen molar-refractivity contribution in [2.75, 3.05) is 49.6 Å². The van der Waals surface area contributed by atoms with E-state index in [1.54, 1.807) is 10.8 Å². The normalized spacial score (nSPS) is 11.1. The molecule has 0 aromatic carbocycles. The van der Waals surface area contributed by atoms with E-state index < -0.39 is 0 Å². The second-order valence-corrected chi connectivity index (χ2v) is 12.5. The summed E-state index contributed by atoms with van der Waals surface area (Å²) >= 11 is 16.4. The van der Waals surface area contributed by atoms with Crippen molar-refractivity contribution >= 4 is 93.0 Å². The quantitative estimate of drug-likeness (QED) is 0.137. The molecular weight excluding hydrogens is 389 g/mol. The minimum absolute atomic E-state index is 1.10. The third-order valence-electron chi connectivity index (χ3n) is 1.85. The second kappa shape index (κ2) is 20.8. The number of thiol groups is 1. The molecule has 0 saturated heterocycles. The van der Waals surface area contributed by atoms with Gasteiger partial charge in [0.25, 0.3) is 0 Å². The van der Waals surface area contributed by atoms with Crippen LogP contribution in [-0.4, -0.2) is 49.6 Å². The Kier molecular flexibility index (Phi) is 23.9. The molecule has 8 heteroatoms. The van der Waals surface area contributed by atoms with Crippen LogP contribution in [0.5, 0.6) is 0 Å². The lowest BCUT2D eigenvalue weighted by molar-refractivity contribution is 1.12. The highest BCUT2D eigenvalue weighted by Crippen LogP contribution is 2.22. The molecule has 0 rings (SSSR count). The highest BCUT2D eigenvalue weighted by molar-refractivity contribution is 8.70. The molecule has 0 unspecified atom stereocenters. The van der Waals surface area contributed by atoms with Gasteiger partial charge in [0.15, 0.2) is 0 Å². The van der Waals surface area contributed by atoms with Gasteiger partial charge in [0.05, 0.1) is 5.08 Å². The maximum absolute atomic E-state index is 4.12. The van der Waals surface area contributed by atoms with Gasteiger partial charge in [-0.05, 0) is 42.1 Å². The zero-order valence-electron chi connectivity index (χ0n) is 11.4. The molecular formula is C11H24S8. The lowest BCUT2D eigenvalue weighted by Gasteiger charge is -2.03. The molecule has 0 saturated carbocycles. The molecule has 0 heterocycles. The van der Waals surface area contributed by atoms with Crippen LogP contribution in [0, 0.1) is 0 Å². The van der Waals surface area contributed by atoms with Gasteiger partial charge in [-0.3, -0.25) is 0 Å².